The van der Waals surface area contributed by atoms with Crippen molar-refractivity contribution in [1.82, 2.24) is 0 Å². The second-order valence-corrected chi connectivity index (χ2v) is 7.13. The molecule has 136 valence electrons. The summed E-state index contributed by atoms with van der Waals surface area (Å²) in [6.45, 7) is 2.17. The summed E-state index contributed by atoms with van der Waals surface area (Å²) in [5.41, 5.74) is 2.85. The molecule has 1 N–H and O–H groups in total. The molecule has 0 fully saturated rings. The van der Waals surface area contributed by atoms with Gasteiger partial charge in [-0.25, -0.2) is 0 Å². The zero-order valence-corrected chi connectivity index (χ0v) is 15.6. The lowest BCUT2D eigenvalue weighted by molar-refractivity contribution is -0.137. The van der Waals surface area contributed by atoms with Crippen LogP contribution in [0.15, 0.2) is 24.3 Å². The van der Waals surface area contributed by atoms with Crippen LogP contribution in [0.5, 0.6) is 0 Å². The van der Waals surface area contributed by atoms with E-state index in [0.29, 0.717) is 6.42 Å². The lowest BCUT2D eigenvalue weighted by Crippen LogP contribution is -1.93. The van der Waals surface area contributed by atoms with Crippen LogP contribution in [0, 0.1) is 6.92 Å². The summed E-state index contributed by atoms with van der Waals surface area (Å²) in [7, 11) is 0. The Kier molecular flexibility index (Phi) is 12.2. The first-order valence-corrected chi connectivity index (χ1v) is 9.96. The number of hydrogen-bond acceptors (Lipinski definition) is 1. The standard InChI is InChI=1S/C22H36O2/c1-20-15-14-17-21(19-20)16-12-10-8-6-4-2-3-5-7-9-11-13-18-22(23)24/h14-15,17,19H,2-13,16,18H2,1H3,(H,23,24). The van der Waals surface area contributed by atoms with Gasteiger partial charge in [0.05, 0.1) is 0 Å². The first-order chi connectivity index (χ1) is 11.7. The lowest BCUT2D eigenvalue weighted by atomic mass is 10.0. The van der Waals surface area contributed by atoms with E-state index in [1.54, 1.807) is 0 Å². The number of rotatable bonds is 15. The van der Waals surface area contributed by atoms with E-state index in [9.17, 15) is 4.79 Å². The molecular formula is C22H36O2. The highest BCUT2D eigenvalue weighted by molar-refractivity contribution is 5.66. The van der Waals surface area contributed by atoms with E-state index < -0.39 is 5.97 Å². The predicted octanol–water partition coefficient (Wildman–Crippen LogP) is 6.69. The van der Waals surface area contributed by atoms with Crippen LogP contribution in [0.3, 0.4) is 0 Å². The van der Waals surface area contributed by atoms with Crippen molar-refractivity contribution in [3.63, 3.8) is 0 Å². The van der Waals surface area contributed by atoms with Crippen LogP contribution in [-0.2, 0) is 11.2 Å². The maximum Gasteiger partial charge on any atom is 0.303 e. The summed E-state index contributed by atoms with van der Waals surface area (Å²) in [5, 5.41) is 8.56. The maximum absolute atomic E-state index is 10.4. The van der Waals surface area contributed by atoms with Crippen molar-refractivity contribution < 1.29 is 9.90 Å². The number of aryl methyl sites for hydroxylation is 2. The van der Waals surface area contributed by atoms with Gasteiger partial charge in [-0.05, 0) is 31.7 Å². The van der Waals surface area contributed by atoms with Crippen LogP contribution in [-0.4, -0.2) is 11.1 Å². The molecule has 0 aromatic heterocycles. The number of hydrogen-bond donors (Lipinski definition) is 1. The van der Waals surface area contributed by atoms with E-state index in [1.165, 1.54) is 81.8 Å². The summed E-state index contributed by atoms with van der Waals surface area (Å²) < 4.78 is 0. The third kappa shape index (κ3) is 12.2. The minimum Gasteiger partial charge on any atom is -0.481 e. The largest absolute Gasteiger partial charge is 0.481 e. The third-order valence-electron chi connectivity index (χ3n) is 4.69. The van der Waals surface area contributed by atoms with Gasteiger partial charge in [0, 0.05) is 6.42 Å². The normalized spacial score (nSPS) is 10.9. The van der Waals surface area contributed by atoms with Crippen LogP contribution in [0.2, 0.25) is 0 Å². The van der Waals surface area contributed by atoms with Gasteiger partial charge >= 0.3 is 5.97 Å². The van der Waals surface area contributed by atoms with Crippen LogP contribution >= 0.6 is 0 Å². The summed E-state index contributed by atoms with van der Waals surface area (Å²) in [6.07, 6.45) is 16.8. The fourth-order valence-corrected chi connectivity index (χ4v) is 3.24. The zero-order chi connectivity index (χ0) is 17.5. The van der Waals surface area contributed by atoms with E-state index in [0.717, 1.165) is 12.8 Å². The topological polar surface area (TPSA) is 37.3 Å². The second-order valence-electron chi connectivity index (χ2n) is 7.13. The lowest BCUT2D eigenvalue weighted by Gasteiger charge is -2.04. The molecule has 2 nitrogen and oxygen atoms in total. The smallest absolute Gasteiger partial charge is 0.303 e. The van der Waals surface area contributed by atoms with E-state index in [4.69, 9.17) is 5.11 Å². The van der Waals surface area contributed by atoms with Gasteiger partial charge in [0.1, 0.15) is 0 Å². The van der Waals surface area contributed by atoms with Crippen molar-refractivity contribution in [2.75, 3.05) is 0 Å². The Morgan fingerprint density at radius 3 is 1.79 bits per heavy atom. The number of carboxylic acids is 1. The molecule has 0 heterocycles. The van der Waals surface area contributed by atoms with Gasteiger partial charge in [0.25, 0.3) is 0 Å². The quantitative estimate of drug-likeness (QED) is 0.363. The van der Waals surface area contributed by atoms with Crippen LogP contribution in [0.4, 0.5) is 0 Å². The Morgan fingerprint density at radius 1 is 0.792 bits per heavy atom. The zero-order valence-electron chi connectivity index (χ0n) is 15.6. The average Bonchev–Trinajstić information content (AvgIpc) is 2.55. The van der Waals surface area contributed by atoms with Gasteiger partial charge in [-0.1, -0.05) is 94.0 Å². The molecule has 0 saturated carbocycles. The first kappa shape index (κ1) is 20.7. The Hall–Kier alpha value is -1.31. The van der Waals surface area contributed by atoms with Crippen LogP contribution in [0.1, 0.15) is 94.6 Å². The molecule has 0 aliphatic carbocycles. The van der Waals surface area contributed by atoms with Gasteiger partial charge in [-0.3, -0.25) is 4.79 Å². The molecule has 0 aliphatic rings. The van der Waals surface area contributed by atoms with Gasteiger partial charge in [0.15, 0.2) is 0 Å². The molecule has 0 spiro atoms. The average molecular weight is 333 g/mol. The summed E-state index contributed by atoms with van der Waals surface area (Å²) in [5.74, 6) is -0.658. The fraction of sp³-hybridized carbons (Fsp3) is 0.682. The van der Waals surface area contributed by atoms with E-state index in [1.807, 2.05) is 0 Å². The summed E-state index contributed by atoms with van der Waals surface area (Å²) >= 11 is 0. The molecule has 2 heteroatoms. The molecule has 0 radical (unpaired) electrons. The number of carbonyl (C=O) groups is 1. The minimum atomic E-state index is -0.658. The second kappa shape index (κ2) is 14.1. The van der Waals surface area contributed by atoms with Crippen molar-refractivity contribution in [1.29, 1.82) is 0 Å². The highest BCUT2D eigenvalue weighted by Crippen LogP contribution is 2.14. The highest BCUT2D eigenvalue weighted by atomic mass is 16.4. The molecule has 0 saturated heterocycles. The fourth-order valence-electron chi connectivity index (χ4n) is 3.24. The van der Waals surface area contributed by atoms with Crippen LogP contribution in [0.25, 0.3) is 0 Å². The van der Waals surface area contributed by atoms with E-state index in [-0.39, 0.29) is 0 Å². The van der Waals surface area contributed by atoms with Gasteiger partial charge < -0.3 is 5.11 Å². The maximum atomic E-state index is 10.4. The molecule has 0 bridgehead atoms. The Bertz CT molecular complexity index is 439. The Labute approximate surface area is 148 Å². The minimum absolute atomic E-state index is 0.337. The molecule has 0 amide bonds. The molecular weight excluding hydrogens is 296 g/mol. The molecule has 1 aromatic rings. The number of aliphatic carboxylic acids is 1. The van der Waals surface area contributed by atoms with Gasteiger partial charge in [0.2, 0.25) is 0 Å². The first-order valence-electron chi connectivity index (χ1n) is 9.96. The van der Waals surface area contributed by atoms with Crippen molar-refractivity contribution in [2.24, 2.45) is 0 Å². The van der Waals surface area contributed by atoms with Crippen LogP contribution < -0.4 is 0 Å². The Balaban J connectivity index is 1.78. The molecule has 24 heavy (non-hydrogen) atoms. The van der Waals surface area contributed by atoms with Gasteiger partial charge in [-0.2, -0.15) is 0 Å². The SMILES string of the molecule is Cc1cccc(CCCCCCCCCCCCCCC(=O)O)c1. The summed E-state index contributed by atoms with van der Waals surface area (Å²) in [6, 6.07) is 8.88. The van der Waals surface area contributed by atoms with Crippen molar-refractivity contribution in [3.05, 3.63) is 35.4 Å². The molecule has 1 aromatic carbocycles. The van der Waals surface area contributed by atoms with Crippen molar-refractivity contribution in [3.8, 4) is 0 Å². The highest BCUT2D eigenvalue weighted by Gasteiger charge is 1.97. The van der Waals surface area contributed by atoms with E-state index >= 15 is 0 Å². The van der Waals surface area contributed by atoms with Gasteiger partial charge in [-0.15, -0.1) is 0 Å². The number of carboxylic acid groups (broad SMARTS) is 1. The molecule has 0 unspecified atom stereocenters. The summed E-state index contributed by atoms with van der Waals surface area (Å²) in [4.78, 5) is 10.4. The third-order valence-corrected chi connectivity index (χ3v) is 4.69. The van der Waals surface area contributed by atoms with E-state index in [2.05, 4.69) is 31.2 Å². The Morgan fingerprint density at radius 2 is 1.29 bits per heavy atom. The molecule has 0 atom stereocenters. The van der Waals surface area contributed by atoms with Crippen molar-refractivity contribution in [2.45, 2.75) is 96.8 Å². The molecule has 0 aliphatic heterocycles. The molecule has 1 rings (SSSR count). The number of benzene rings is 1. The van der Waals surface area contributed by atoms with Crippen molar-refractivity contribution >= 4 is 5.97 Å². The number of unbranched alkanes of at least 4 members (excludes halogenated alkanes) is 11. The monoisotopic (exact) mass is 332 g/mol. The predicted molar refractivity (Wildman–Crippen MR) is 103 cm³/mol.